The maximum Gasteiger partial charge on any atom is 0.331 e. The molecule has 0 aliphatic heterocycles. The van der Waals surface area contributed by atoms with Crippen molar-refractivity contribution in [3.05, 3.63) is 49.6 Å². The Hall–Kier alpha value is -1.86. The molecule has 0 atom stereocenters. The van der Waals surface area contributed by atoms with Gasteiger partial charge in [0.1, 0.15) is 5.56 Å². The molecule has 21 heavy (non-hydrogen) atoms. The monoisotopic (exact) mass is 354 g/mol. The van der Waals surface area contributed by atoms with Crippen molar-refractivity contribution in [2.45, 2.75) is 13.5 Å². The quantitative estimate of drug-likeness (QED) is 0.800. The first-order chi connectivity index (χ1) is 10.1. The minimum absolute atomic E-state index is 0.0542. The normalized spacial score (nSPS) is 10.8. The van der Waals surface area contributed by atoms with Gasteiger partial charge in [0.25, 0.3) is 5.56 Å². The highest BCUT2D eigenvalue weighted by molar-refractivity contribution is 9.10. The zero-order valence-electron chi connectivity index (χ0n) is 11.4. The van der Waals surface area contributed by atoms with Gasteiger partial charge in [0.05, 0.1) is 13.2 Å². The van der Waals surface area contributed by atoms with Gasteiger partial charge in [-0.2, -0.15) is 0 Å². The van der Waals surface area contributed by atoms with E-state index in [1.807, 2.05) is 6.92 Å². The first-order valence-corrected chi connectivity index (χ1v) is 7.24. The predicted molar refractivity (Wildman–Crippen MR) is 82.6 cm³/mol. The summed E-state index contributed by atoms with van der Waals surface area (Å²) in [5, 5.41) is 10.3. The van der Waals surface area contributed by atoms with Crippen LogP contribution in [0, 0.1) is 0 Å². The number of nitrogens with zero attached hydrogens (tertiary/aromatic N) is 1. The molecule has 112 valence electrons. The second-order valence-corrected chi connectivity index (χ2v) is 5.14. The Bertz CT molecular complexity index is 751. The molecule has 0 unspecified atom stereocenters. The number of rotatable bonds is 5. The minimum Gasteiger partial charge on any atom is -0.494 e. The SMILES string of the molecule is CCOCCn1c(O)c(-c2ccccc2Br)c(=O)[nH]c1=O. The summed E-state index contributed by atoms with van der Waals surface area (Å²) in [6.45, 7) is 2.77. The van der Waals surface area contributed by atoms with Crippen LogP contribution >= 0.6 is 15.9 Å². The van der Waals surface area contributed by atoms with Crippen molar-refractivity contribution >= 4 is 15.9 Å². The van der Waals surface area contributed by atoms with Crippen LogP contribution in [0.1, 0.15) is 6.92 Å². The van der Waals surface area contributed by atoms with E-state index in [1.165, 1.54) is 0 Å². The molecule has 0 spiro atoms. The lowest BCUT2D eigenvalue weighted by Gasteiger charge is -2.12. The first kappa shape index (κ1) is 15.5. The van der Waals surface area contributed by atoms with Crippen LogP contribution in [-0.4, -0.2) is 27.9 Å². The standard InChI is InChI=1S/C14H15BrN2O4/c1-2-21-8-7-17-13(19)11(12(18)16-14(17)20)9-5-3-4-6-10(9)15/h3-6,19H,2,7-8H2,1H3,(H,16,18,20). The number of aromatic amines is 1. The van der Waals surface area contributed by atoms with E-state index in [2.05, 4.69) is 20.9 Å². The van der Waals surface area contributed by atoms with Crippen molar-refractivity contribution in [1.29, 1.82) is 0 Å². The summed E-state index contributed by atoms with van der Waals surface area (Å²) in [6.07, 6.45) is 0. The van der Waals surface area contributed by atoms with Crippen LogP contribution in [-0.2, 0) is 11.3 Å². The van der Waals surface area contributed by atoms with Crippen LogP contribution in [0.4, 0.5) is 0 Å². The van der Waals surface area contributed by atoms with Crippen LogP contribution in [0.25, 0.3) is 11.1 Å². The van der Waals surface area contributed by atoms with Crippen molar-refractivity contribution in [2.24, 2.45) is 0 Å². The summed E-state index contributed by atoms with van der Waals surface area (Å²) in [4.78, 5) is 26.0. The lowest BCUT2D eigenvalue weighted by molar-refractivity contribution is 0.135. The molecule has 2 aromatic rings. The summed E-state index contributed by atoms with van der Waals surface area (Å²) in [7, 11) is 0. The highest BCUT2D eigenvalue weighted by Gasteiger charge is 2.17. The zero-order chi connectivity index (χ0) is 15.4. The van der Waals surface area contributed by atoms with Gasteiger partial charge in [-0.15, -0.1) is 0 Å². The van der Waals surface area contributed by atoms with Crippen molar-refractivity contribution in [1.82, 2.24) is 9.55 Å². The fourth-order valence-corrected chi connectivity index (χ4v) is 2.46. The molecule has 0 aliphatic rings. The van der Waals surface area contributed by atoms with Crippen LogP contribution in [0.2, 0.25) is 0 Å². The van der Waals surface area contributed by atoms with Gasteiger partial charge in [-0.25, -0.2) is 4.79 Å². The Labute approximate surface area is 129 Å². The largest absolute Gasteiger partial charge is 0.494 e. The smallest absolute Gasteiger partial charge is 0.331 e. The van der Waals surface area contributed by atoms with Crippen LogP contribution in [0.15, 0.2) is 38.3 Å². The van der Waals surface area contributed by atoms with Gasteiger partial charge in [0.2, 0.25) is 5.88 Å². The molecule has 0 saturated heterocycles. The van der Waals surface area contributed by atoms with E-state index in [0.717, 1.165) is 4.57 Å². The van der Waals surface area contributed by atoms with E-state index in [1.54, 1.807) is 24.3 Å². The fraction of sp³-hybridized carbons (Fsp3) is 0.286. The van der Waals surface area contributed by atoms with Crippen LogP contribution < -0.4 is 11.2 Å². The van der Waals surface area contributed by atoms with Crippen LogP contribution in [0.3, 0.4) is 0 Å². The summed E-state index contributed by atoms with van der Waals surface area (Å²) < 4.78 is 6.92. The van der Waals surface area contributed by atoms with E-state index in [4.69, 9.17) is 4.74 Å². The highest BCUT2D eigenvalue weighted by atomic mass is 79.9. The van der Waals surface area contributed by atoms with E-state index in [9.17, 15) is 14.7 Å². The Kier molecular flexibility index (Phi) is 4.98. The number of aromatic hydroxyl groups is 1. The van der Waals surface area contributed by atoms with Crippen molar-refractivity contribution in [3.8, 4) is 17.0 Å². The topological polar surface area (TPSA) is 84.3 Å². The second-order valence-electron chi connectivity index (χ2n) is 4.29. The first-order valence-electron chi connectivity index (χ1n) is 6.45. The molecule has 0 aliphatic carbocycles. The van der Waals surface area contributed by atoms with E-state index >= 15 is 0 Å². The molecule has 2 N–H and O–H groups in total. The molecule has 0 saturated carbocycles. The molecule has 7 heteroatoms. The molecule has 2 rings (SSSR count). The summed E-state index contributed by atoms with van der Waals surface area (Å²) >= 11 is 3.33. The number of aromatic nitrogens is 2. The van der Waals surface area contributed by atoms with Crippen molar-refractivity contribution in [3.63, 3.8) is 0 Å². The summed E-state index contributed by atoms with van der Waals surface area (Å²) in [6, 6.07) is 6.98. The van der Waals surface area contributed by atoms with Gasteiger partial charge in [-0.05, 0) is 13.0 Å². The Morgan fingerprint density at radius 3 is 2.71 bits per heavy atom. The Morgan fingerprint density at radius 1 is 1.33 bits per heavy atom. The number of benzene rings is 1. The average Bonchev–Trinajstić information content (AvgIpc) is 2.44. The molecule has 1 heterocycles. The maximum absolute atomic E-state index is 12.0. The third kappa shape index (κ3) is 3.25. The molecule has 1 aromatic heterocycles. The molecule has 0 bridgehead atoms. The van der Waals surface area contributed by atoms with Gasteiger partial charge >= 0.3 is 5.69 Å². The predicted octanol–water partition coefficient (Wildman–Crippen LogP) is 1.71. The lowest BCUT2D eigenvalue weighted by Crippen LogP contribution is -2.32. The molecule has 1 aromatic carbocycles. The molecular formula is C14H15BrN2O4. The average molecular weight is 355 g/mol. The van der Waals surface area contributed by atoms with Gasteiger partial charge in [0.15, 0.2) is 0 Å². The van der Waals surface area contributed by atoms with E-state index in [0.29, 0.717) is 16.6 Å². The number of H-pyrrole nitrogens is 1. The number of hydrogen-bond donors (Lipinski definition) is 2. The minimum atomic E-state index is -0.659. The summed E-state index contributed by atoms with van der Waals surface area (Å²) in [5.74, 6) is -0.365. The number of halogens is 1. The molecule has 0 fully saturated rings. The van der Waals surface area contributed by atoms with Gasteiger partial charge < -0.3 is 9.84 Å². The number of hydrogen-bond acceptors (Lipinski definition) is 4. The number of ether oxygens (including phenoxy) is 1. The van der Waals surface area contributed by atoms with Crippen molar-refractivity contribution in [2.75, 3.05) is 13.2 Å². The second kappa shape index (κ2) is 6.73. The lowest BCUT2D eigenvalue weighted by atomic mass is 10.1. The molecule has 6 nitrogen and oxygen atoms in total. The van der Waals surface area contributed by atoms with E-state index < -0.39 is 11.2 Å². The maximum atomic E-state index is 12.0. The third-order valence-corrected chi connectivity index (χ3v) is 3.67. The molecule has 0 amide bonds. The number of nitrogens with one attached hydrogen (secondary N) is 1. The zero-order valence-corrected chi connectivity index (χ0v) is 13.0. The Balaban J connectivity index is 2.57. The van der Waals surface area contributed by atoms with Gasteiger partial charge in [-0.1, -0.05) is 34.1 Å². The third-order valence-electron chi connectivity index (χ3n) is 2.98. The fourth-order valence-electron chi connectivity index (χ4n) is 1.97. The van der Waals surface area contributed by atoms with Gasteiger partial charge in [-0.3, -0.25) is 14.3 Å². The van der Waals surface area contributed by atoms with Crippen molar-refractivity contribution < 1.29 is 9.84 Å². The van der Waals surface area contributed by atoms with E-state index in [-0.39, 0.29) is 24.6 Å². The highest BCUT2D eigenvalue weighted by Crippen LogP contribution is 2.30. The summed E-state index contributed by atoms with van der Waals surface area (Å²) in [5.41, 5.74) is -0.718. The molecular weight excluding hydrogens is 340 g/mol. The molecule has 0 radical (unpaired) electrons. The van der Waals surface area contributed by atoms with Crippen LogP contribution in [0.5, 0.6) is 5.88 Å². The Morgan fingerprint density at radius 2 is 2.05 bits per heavy atom. The van der Waals surface area contributed by atoms with Gasteiger partial charge in [0, 0.05) is 16.6 Å².